The zero-order valence-corrected chi connectivity index (χ0v) is 22.0. The Morgan fingerprint density at radius 1 is 0.972 bits per heavy atom. The Morgan fingerprint density at radius 2 is 1.69 bits per heavy atom. The summed E-state index contributed by atoms with van der Waals surface area (Å²) in [6, 6.07) is 20.0. The summed E-state index contributed by atoms with van der Waals surface area (Å²) in [5.74, 6) is -0.200. The fourth-order valence-corrected chi connectivity index (χ4v) is 5.77. The van der Waals surface area contributed by atoms with Gasteiger partial charge < -0.3 is 4.90 Å². The van der Waals surface area contributed by atoms with Gasteiger partial charge in [0.1, 0.15) is 4.90 Å². The number of amides is 1. The summed E-state index contributed by atoms with van der Waals surface area (Å²) < 4.78 is 28.9. The second-order valence-corrected chi connectivity index (χ2v) is 11.0. The molecular weight excluding hydrogens is 494 g/mol. The van der Waals surface area contributed by atoms with Gasteiger partial charge in [0.15, 0.2) is 0 Å². The molecule has 1 aliphatic heterocycles. The third kappa shape index (κ3) is 6.16. The molecule has 0 spiro atoms. The van der Waals surface area contributed by atoms with Gasteiger partial charge in [-0.05, 0) is 54.8 Å². The van der Waals surface area contributed by atoms with Crippen LogP contribution in [0.15, 0.2) is 77.7 Å². The van der Waals surface area contributed by atoms with E-state index in [1.165, 1.54) is 12.1 Å². The number of rotatable bonds is 7. The standard InChI is InChI=1S/C28H30ClN3O3S/c1-21-8-6-12-26(22(21)2)30-36(34,35)27-20-24(13-14-25(27)29)28(33)32-18-16-31(17-19-32)15-7-11-23-9-4-3-5-10-23/h3-14,20,30H,15-19H2,1-2H3/b11-7+. The molecule has 1 aliphatic rings. The SMILES string of the molecule is Cc1cccc(NS(=O)(=O)c2cc(C(=O)N3CCN(C/C=C/c4ccccc4)CC3)ccc2Cl)c1C. The van der Waals surface area contributed by atoms with E-state index < -0.39 is 10.0 Å². The van der Waals surface area contributed by atoms with Gasteiger partial charge in [-0.15, -0.1) is 0 Å². The quantitative estimate of drug-likeness (QED) is 0.460. The van der Waals surface area contributed by atoms with E-state index in [0.717, 1.165) is 36.3 Å². The van der Waals surface area contributed by atoms with Crippen LogP contribution in [0.4, 0.5) is 5.69 Å². The lowest BCUT2D eigenvalue weighted by Crippen LogP contribution is -2.48. The van der Waals surface area contributed by atoms with E-state index in [9.17, 15) is 13.2 Å². The Bertz CT molecular complexity index is 1370. The smallest absolute Gasteiger partial charge is 0.263 e. The van der Waals surface area contributed by atoms with Crippen molar-refractivity contribution in [3.8, 4) is 0 Å². The number of carbonyl (C=O) groups is 1. The van der Waals surface area contributed by atoms with Crippen LogP contribution in [0.25, 0.3) is 6.08 Å². The van der Waals surface area contributed by atoms with Crippen LogP contribution in [0.2, 0.25) is 5.02 Å². The lowest BCUT2D eigenvalue weighted by Gasteiger charge is -2.34. The Balaban J connectivity index is 1.41. The molecule has 0 aromatic heterocycles. The van der Waals surface area contributed by atoms with Crippen molar-refractivity contribution in [3.63, 3.8) is 0 Å². The molecule has 3 aromatic rings. The highest BCUT2D eigenvalue weighted by Crippen LogP contribution is 2.27. The maximum absolute atomic E-state index is 13.2. The van der Waals surface area contributed by atoms with Gasteiger partial charge in [-0.3, -0.25) is 14.4 Å². The number of carbonyl (C=O) groups excluding carboxylic acids is 1. The third-order valence-corrected chi connectivity index (χ3v) is 8.30. The maximum Gasteiger partial charge on any atom is 0.263 e. The van der Waals surface area contributed by atoms with Crippen LogP contribution in [-0.4, -0.2) is 56.8 Å². The van der Waals surface area contributed by atoms with Crippen molar-refractivity contribution in [3.05, 3.63) is 100 Å². The fraction of sp³-hybridized carbons (Fsp3) is 0.250. The van der Waals surface area contributed by atoms with E-state index in [1.54, 1.807) is 23.1 Å². The van der Waals surface area contributed by atoms with Crippen LogP contribution in [0.1, 0.15) is 27.0 Å². The molecule has 8 heteroatoms. The van der Waals surface area contributed by atoms with Crippen LogP contribution < -0.4 is 4.72 Å². The molecule has 4 rings (SSSR count). The van der Waals surface area contributed by atoms with Gasteiger partial charge in [0.2, 0.25) is 0 Å². The first-order valence-electron chi connectivity index (χ1n) is 11.9. The Hall–Kier alpha value is -3.13. The van der Waals surface area contributed by atoms with Crippen LogP contribution >= 0.6 is 11.6 Å². The minimum atomic E-state index is -3.98. The molecule has 0 bridgehead atoms. The molecule has 0 aliphatic carbocycles. The third-order valence-electron chi connectivity index (χ3n) is 6.45. The summed E-state index contributed by atoms with van der Waals surface area (Å²) in [4.78, 5) is 17.1. The molecule has 1 saturated heterocycles. The largest absolute Gasteiger partial charge is 0.336 e. The normalized spacial score (nSPS) is 14.8. The average Bonchev–Trinajstić information content (AvgIpc) is 2.87. The average molecular weight is 524 g/mol. The minimum absolute atomic E-state index is 0.0689. The zero-order valence-electron chi connectivity index (χ0n) is 20.4. The summed E-state index contributed by atoms with van der Waals surface area (Å²) in [5, 5.41) is 0.0689. The molecule has 6 nitrogen and oxygen atoms in total. The first kappa shape index (κ1) is 25.9. The van der Waals surface area contributed by atoms with Gasteiger partial charge in [0.25, 0.3) is 15.9 Å². The molecule has 188 valence electrons. The molecule has 0 radical (unpaired) electrons. The molecule has 36 heavy (non-hydrogen) atoms. The lowest BCUT2D eigenvalue weighted by molar-refractivity contribution is 0.0650. The number of hydrogen-bond donors (Lipinski definition) is 1. The number of halogens is 1. The first-order chi connectivity index (χ1) is 17.2. The molecule has 1 heterocycles. The van der Waals surface area contributed by atoms with Gasteiger partial charge in [0, 0.05) is 38.3 Å². The van der Waals surface area contributed by atoms with Crippen molar-refractivity contribution >= 4 is 39.3 Å². The predicted molar refractivity (Wildman–Crippen MR) is 146 cm³/mol. The van der Waals surface area contributed by atoms with E-state index >= 15 is 0 Å². The fourth-order valence-electron chi connectivity index (χ4n) is 4.12. The van der Waals surface area contributed by atoms with E-state index in [2.05, 4.69) is 33.9 Å². The van der Waals surface area contributed by atoms with Gasteiger partial charge >= 0.3 is 0 Å². The van der Waals surface area contributed by atoms with Crippen molar-refractivity contribution in [2.45, 2.75) is 18.7 Å². The van der Waals surface area contributed by atoms with Gasteiger partial charge in [0.05, 0.1) is 10.7 Å². The molecule has 1 amide bonds. The number of anilines is 1. The van der Waals surface area contributed by atoms with E-state index in [4.69, 9.17) is 11.6 Å². The Morgan fingerprint density at radius 3 is 2.42 bits per heavy atom. The summed E-state index contributed by atoms with van der Waals surface area (Å²) in [6.45, 7) is 7.22. The number of aryl methyl sites for hydroxylation is 1. The highest BCUT2D eigenvalue weighted by Gasteiger charge is 2.25. The number of hydrogen-bond acceptors (Lipinski definition) is 4. The van der Waals surface area contributed by atoms with Crippen LogP contribution in [0, 0.1) is 13.8 Å². The molecule has 1 fully saturated rings. The first-order valence-corrected chi connectivity index (χ1v) is 13.7. The lowest BCUT2D eigenvalue weighted by atomic mass is 10.1. The number of piperazine rings is 1. The van der Waals surface area contributed by atoms with Crippen LogP contribution in [0.3, 0.4) is 0 Å². The van der Waals surface area contributed by atoms with Crippen molar-refractivity contribution in [1.82, 2.24) is 9.80 Å². The van der Waals surface area contributed by atoms with Crippen molar-refractivity contribution in [2.24, 2.45) is 0 Å². The highest BCUT2D eigenvalue weighted by atomic mass is 35.5. The summed E-state index contributed by atoms with van der Waals surface area (Å²) in [6.07, 6.45) is 4.23. The molecular formula is C28H30ClN3O3S. The Labute approximate surface area is 218 Å². The van der Waals surface area contributed by atoms with Gasteiger partial charge in [-0.2, -0.15) is 0 Å². The zero-order chi connectivity index (χ0) is 25.7. The second kappa shape index (κ2) is 11.3. The number of nitrogens with zero attached hydrogens (tertiary/aromatic N) is 2. The van der Waals surface area contributed by atoms with Crippen LogP contribution in [-0.2, 0) is 10.0 Å². The van der Waals surface area contributed by atoms with Gasteiger partial charge in [-0.1, -0.05) is 66.2 Å². The van der Waals surface area contributed by atoms with Crippen LogP contribution in [0.5, 0.6) is 0 Å². The van der Waals surface area contributed by atoms with E-state index in [-0.39, 0.29) is 15.8 Å². The Kier molecular flexibility index (Phi) is 8.14. The minimum Gasteiger partial charge on any atom is -0.336 e. The molecule has 1 N–H and O–H groups in total. The number of sulfonamides is 1. The van der Waals surface area contributed by atoms with Crippen molar-refractivity contribution in [1.29, 1.82) is 0 Å². The maximum atomic E-state index is 13.2. The van der Waals surface area contributed by atoms with Gasteiger partial charge in [-0.25, -0.2) is 8.42 Å². The summed E-state index contributed by atoms with van der Waals surface area (Å²) >= 11 is 6.26. The summed E-state index contributed by atoms with van der Waals surface area (Å²) in [7, 11) is -3.98. The molecule has 0 atom stereocenters. The van der Waals surface area contributed by atoms with Crippen molar-refractivity contribution < 1.29 is 13.2 Å². The van der Waals surface area contributed by atoms with E-state index in [1.807, 2.05) is 38.1 Å². The monoisotopic (exact) mass is 523 g/mol. The van der Waals surface area contributed by atoms with E-state index in [0.29, 0.717) is 24.3 Å². The molecule has 0 saturated carbocycles. The topological polar surface area (TPSA) is 69.7 Å². The second-order valence-electron chi connectivity index (χ2n) is 8.90. The predicted octanol–water partition coefficient (Wildman–Crippen LogP) is 5.23. The molecule has 0 unspecified atom stereocenters. The van der Waals surface area contributed by atoms with Crippen molar-refractivity contribution in [2.75, 3.05) is 37.4 Å². The summed E-state index contributed by atoms with van der Waals surface area (Å²) in [5.41, 5.74) is 3.76. The number of nitrogens with one attached hydrogen (secondary N) is 1. The number of benzene rings is 3. The highest BCUT2D eigenvalue weighted by molar-refractivity contribution is 7.92. The molecule has 3 aromatic carbocycles.